The van der Waals surface area contributed by atoms with Crippen LogP contribution in [0.25, 0.3) is 0 Å². The predicted molar refractivity (Wildman–Crippen MR) is 66.6 cm³/mol. The second-order valence-corrected chi connectivity index (χ2v) is 3.99. The van der Waals surface area contributed by atoms with Crippen molar-refractivity contribution in [3.8, 4) is 11.5 Å². The van der Waals surface area contributed by atoms with E-state index < -0.39 is 0 Å². The van der Waals surface area contributed by atoms with Crippen LogP contribution in [0.3, 0.4) is 0 Å². The molecule has 1 aromatic carbocycles. The summed E-state index contributed by atoms with van der Waals surface area (Å²) in [4.78, 5) is 11.2. The number of ether oxygens (including phenoxy) is 2. The Kier molecular flexibility index (Phi) is 4.89. The average molecular weight is 309 g/mol. The first-order chi connectivity index (χ1) is 7.62. The van der Waals surface area contributed by atoms with Crippen LogP contribution in [0, 0.1) is 0 Å². The molecule has 1 rings (SSSR count). The van der Waals surface area contributed by atoms with Crippen LogP contribution >= 0.6 is 27.5 Å². The summed E-state index contributed by atoms with van der Waals surface area (Å²) in [6.07, 6.45) is 0. The summed E-state index contributed by atoms with van der Waals surface area (Å²) in [7, 11) is 3.06. The van der Waals surface area contributed by atoms with Crippen LogP contribution in [-0.4, -0.2) is 26.0 Å². The summed E-state index contributed by atoms with van der Waals surface area (Å²) in [5, 5.41) is 2.62. The van der Waals surface area contributed by atoms with Gasteiger partial charge in [0.25, 0.3) is 0 Å². The minimum atomic E-state index is -0.302. The molecule has 0 aliphatic heterocycles. The van der Waals surface area contributed by atoms with Gasteiger partial charge in [-0.05, 0) is 15.9 Å². The van der Waals surface area contributed by atoms with Crippen molar-refractivity contribution < 1.29 is 14.3 Å². The third kappa shape index (κ3) is 3.02. The van der Waals surface area contributed by atoms with Gasteiger partial charge in [-0.15, -0.1) is 11.6 Å². The normalized spacial score (nSPS) is 9.75. The van der Waals surface area contributed by atoms with E-state index in [9.17, 15) is 4.79 Å². The Bertz CT molecular complexity index is 398. The highest BCUT2D eigenvalue weighted by Crippen LogP contribution is 2.35. The largest absolute Gasteiger partial charge is 0.495 e. The molecule has 0 aromatic heterocycles. The lowest BCUT2D eigenvalue weighted by Gasteiger charge is -2.12. The molecule has 0 saturated carbocycles. The van der Waals surface area contributed by atoms with E-state index in [-0.39, 0.29) is 11.8 Å². The molecule has 1 N–H and O–H groups in total. The van der Waals surface area contributed by atoms with Crippen LogP contribution in [0.2, 0.25) is 0 Å². The Morgan fingerprint density at radius 2 is 2.00 bits per heavy atom. The van der Waals surface area contributed by atoms with Crippen molar-refractivity contribution in [2.75, 3.05) is 25.4 Å². The van der Waals surface area contributed by atoms with Crippen molar-refractivity contribution in [1.29, 1.82) is 0 Å². The van der Waals surface area contributed by atoms with E-state index in [1.165, 1.54) is 7.11 Å². The molecule has 0 radical (unpaired) electrons. The van der Waals surface area contributed by atoms with Crippen molar-refractivity contribution >= 4 is 39.1 Å². The van der Waals surface area contributed by atoms with Crippen LogP contribution in [0.4, 0.5) is 5.69 Å². The maximum Gasteiger partial charge on any atom is 0.239 e. The Morgan fingerprint density at radius 3 is 2.50 bits per heavy atom. The fourth-order valence-corrected chi connectivity index (χ4v) is 1.69. The molecule has 88 valence electrons. The van der Waals surface area contributed by atoms with Crippen molar-refractivity contribution in [2.24, 2.45) is 0 Å². The van der Waals surface area contributed by atoms with Crippen LogP contribution < -0.4 is 14.8 Å². The number of methoxy groups -OCH3 is 2. The number of carbonyl (C=O) groups excluding carboxylic acids is 1. The van der Waals surface area contributed by atoms with Gasteiger partial charge in [0, 0.05) is 12.1 Å². The number of amides is 1. The monoisotopic (exact) mass is 307 g/mol. The van der Waals surface area contributed by atoms with E-state index in [4.69, 9.17) is 21.1 Å². The molecule has 4 nitrogen and oxygen atoms in total. The van der Waals surface area contributed by atoms with Crippen LogP contribution in [0.5, 0.6) is 11.5 Å². The number of hydrogen-bond donors (Lipinski definition) is 1. The first-order valence-corrected chi connectivity index (χ1v) is 5.72. The summed E-state index contributed by atoms with van der Waals surface area (Å²) < 4.78 is 11.0. The standard InChI is InChI=1S/C10H11BrClNO3/c1-15-8-4-7(13-10(14)5-12)9(16-2)3-6(8)11/h3-4H,5H2,1-2H3,(H,13,14). The lowest BCUT2D eigenvalue weighted by Crippen LogP contribution is -2.13. The number of hydrogen-bond acceptors (Lipinski definition) is 3. The van der Waals surface area contributed by atoms with Crippen molar-refractivity contribution in [3.05, 3.63) is 16.6 Å². The summed E-state index contributed by atoms with van der Waals surface area (Å²) in [5.41, 5.74) is 0.521. The maximum absolute atomic E-state index is 11.2. The molecule has 0 heterocycles. The van der Waals surface area contributed by atoms with Gasteiger partial charge >= 0.3 is 0 Å². The molecule has 0 atom stereocenters. The zero-order valence-corrected chi connectivity index (χ0v) is 11.2. The van der Waals surface area contributed by atoms with Gasteiger partial charge in [-0.2, -0.15) is 0 Å². The number of anilines is 1. The number of rotatable bonds is 4. The Labute approximate surface area is 107 Å². The van der Waals surface area contributed by atoms with Gasteiger partial charge in [0.2, 0.25) is 5.91 Å². The van der Waals surface area contributed by atoms with E-state index in [2.05, 4.69) is 21.2 Å². The van der Waals surface area contributed by atoms with Crippen molar-refractivity contribution in [1.82, 2.24) is 0 Å². The molecule has 16 heavy (non-hydrogen) atoms. The molecule has 0 saturated heterocycles. The van der Waals surface area contributed by atoms with Crippen molar-refractivity contribution in [2.45, 2.75) is 0 Å². The number of carbonyl (C=O) groups is 1. The second-order valence-electron chi connectivity index (χ2n) is 2.87. The zero-order chi connectivity index (χ0) is 12.1. The van der Waals surface area contributed by atoms with Crippen LogP contribution in [-0.2, 0) is 4.79 Å². The fourth-order valence-electron chi connectivity index (χ4n) is 1.14. The molecule has 0 unspecified atom stereocenters. The predicted octanol–water partition coefficient (Wildman–Crippen LogP) is 2.64. The third-order valence-electron chi connectivity index (χ3n) is 1.87. The first-order valence-electron chi connectivity index (χ1n) is 4.39. The summed E-state index contributed by atoms with van der Waals surface area (Å²) in [6, 6.07) is 3.37. The SMILES string of the molecule is COc1cc(NC(=O)CCl)c(OC)cc1Br. The Balaban J connectivity index is 3.09. The van der Waals surface area contributed by atoms with E-state index in [1.54, 1.807) is 19.2 Å². The van der Waals surface area contributed by atoms with Gasteiger partial charge in [-0.1, -0.05) is 0 Å². The van der Waals surface area contributed by atoms with Gasteiger partial charge in [0.15, 0.2) is 0 Å². The molecule has 0 spiro atoms. The fraction of sp³-hybridized carbons (Fsp3) is 0.300. The smallest absolute Gasteiger partial charge is 0.239 e. The number of halogens is 2. The third-order valence-corrected chi connectivity index (χ3v) is 2.73. The van der Waals surface area contributed by atoms with Crippen molar-refractivity contribution in [3.63, 3.8) is 0 Å². The summed E-state index contributed by atoms with van der Waals surface area (Å²) in [5.74, 6) is 0.725. The molecule has 1 aromatic rings. The maximum atomic E-state index is 11.2. The first kappa shape index (κ1) is 13.1. The average Bonchev–Trinajstić information content (AvgIpc) is 2.30. The summed E-state index contributed by atoms with van der Waals surface area (Å²) in [6.45, 7) is 0. The molecule has 0 bridgehead atoms. The molecule has 1 amide bonds. The molecule has 0 fully saturated rings. The number of benzene rings is 1. The molecule has 0 aliphatic carbocycles. The Hall–Kier alpha value is -0.940. The topological polar surface area (TPSA) is 47.6 Å². The van der Waals surface area contributed by atoms with Crippen LogP contribution in [0.15, 0.2) is 16.6 Å². The van der Waals surface area contributed by atoms with E-state index >= 15 is 0 Å². The molecular formula is C10H11BrClNO3. The van der Waals surface area contributed by atoms with E-state index in [1.807, 2.05) is 0 Å². The highest BCUT2D eigenvalue weighted by molar-refractivity contribution is 9.10. The van der Waals surface area contributed by atoms with Gasteiger partial charge in [-0.3, -0.25) is 4.79 Å². The van der Waals surface area contributed by atoms with Gasteiger partial charge in [-0.25, -0.2) is 0 Å². The lowest BCUT2D eigenvalue weighted by molar-refractivity contribution is -0.113. The minimum absolute atomic E-state index is 0.110. The minimum Gasteiger partial charge on any atom is -0.495 e. The highest BCUT2D eigenvalue weighted by Gasteiger charge is 2.11. The molecule has 0 aliphatic rings. The number of alkyl halides is 1. The number of nitrogens with one attached hydrogen (secondary N) is 1. The van der Waals surface area contributed by atoms with Gasteiger partial charge in [0.05, 0.1) is 24.4 Å². The quantitative estimate of drug-likeness (QED) is 0.870. The van der Waals surface area contributed by atoms with Crippen LogP contribution in [0.1, 0.15) is 0 Å². The van der Waals surface area contributed by atoms with E-state index in [0.717, 1.165) is 4.47 Å². The second kappa shape index (κ2) is 5.96. The Morgan fingerprint density at radius 1 is 1.38 bits per heavy atom. The van der Waals surface area contributed by atoms with Gasteiger partial charge < -0.3 is 14.8 Å². The zero-order valence-electron chi connectivity index (χ0n) is 8.84. The summed E-state index contributed by atoms with van der Waals surface area (Å²) >= 11 is 8.73. The lowest BCUT2D eigenvalue weighted by atomic mass is 10.2. The molecular weight excluding hydrogens is 297 g/mol. The highest BCUT2D eigenvalue weighted by atomic mass is 79.9. The van der Waals surface area contributed by atoms with Gasteiger partial charge in [0.1, 0.15) is 17.4 Å². The van der Waals surface area contributed by atoms with E-state index in [0.29, 0.717) is 17.2 Å². The molecule has 6 heteroatoms.